The number of rotatable bonds is 3. The Labute approximate surface area is 118 Å². The number of hydrogen-bond acceptors (Lipinski definition) is 1. The van der Waals surface area contributed by atoms with E-state index >= 15 is 0 Å². The standard InChI is InChI=1S/C14H10ClF4N/c15-11-5-2-6-12(16)13(11)20-8-9-3-1-4-10(7-9)14(17,18)19/h1-7,20H,8H2. The Kier molecular flexibility index (Phi) is 4.18. The van der Waals surface area contributed by atoms with E-state index in [1.807, 2.05) is 0 Å². The van der Waals surface area contributed by atoms with Gasteiger partial charge >= 0.3 is 6.18 Å². The maximum Gasteiger partial charge on any atom is 0.416 e. The van der Waals surface area contributed by atoms with Crippen molar-refractivity contribution in [2.75, 3.05) is 5.32 Å². The Morgan fingerprint density at radius 1 is 1.05 bits per heavy atom. The average Bonchev–Trinajstić information content (AvgIpc) is 2.37. The molecule has 0 aliphatic heterocycles. The van der Waals surface area contributed by atoms with E-state index in [1.54, 1.807) is 0 Å². The lowest BCUT2D eigenvalue weighted by atomic mass is 10.1. The van der Waals surface area contributed by atoms with Crippen LogP contribution in [0.25, 0.3) is 0 Å². The molecule has 1 nitrogen and oxygen atoms in total. The van der Waals surface area contributed by atoms with Gasteiger partial charge in [-0.1, -0.05) is 29.8 Å². The predicted octanol–water partition coefficient (Wildman–Crippen LogP) is 5.11. The summed E-state index contributed by atoms with van der Waals surface area (Å²) < 4.78 is 51.2. The molecule has 2 rings (SSSR count). The molecule has 2 aromatic carbocycles. The highest BCUT2D eigenvalue weighted by atomic mass is 35.5. The first kappa shape index (κ1) is 14.7. The molecule has 6 heteroatoms. The number of halogens is 5. The fraction of sp³-hybridized carbons (Fsp3) is 0.143. The van der Waals surface area contributed by atoms with Crippen molar-refractivity contribution in [2.24, 2.45) is 0 Å². The van der Waals surface area contributed by atoms with Gasteiger partial charge in [-0.25, -0.2) is 4.39 Å². The molecule has 0 radical (unpaired) electrons. The van der Waals surface area contributed by atoms with Crippen LogP contribution in [-0.4, -0.2) is 0 Å². The molecule has 20 heavy (non-hydrogen) atoms. The highest BCUT2D eigenvalue weighted by molar-refractivity contribution is 6.33. The predicted molar refractivity (Wildman–Crippen MR) is 70.2 cm³/mol. The van der Waals surface area contributed by atoms with E-state index in [0.29, 0.717) is 5.56 Å². The summed E-state index contributed by atoms with van der Waals surface area (Å²) in [6.45, 7) is 0.0462. The van der Waals surface area contributed by atoms with Gasteiger partial charge in [0.05, 0.1) is 16.3 Å². The van der Waals surface area contributed by atoms with Gasteiger partial charge in [0.25, 0.3) is 0 Å². The molecule has 0 aromatic heterocycles. The Morgan fingerprint density at radius 2 is 1.75 bits per heavy atom. The van der Waals surface area contributed by atoms with Gasteiger partial charge in [0, 0.05) is 6.54 Å². The monoisotopic (exact) mass is 303 g/mol. The summed E-state index contributed by atoms with van der Waals surface area (Å²) in [6.07, 6.45) is -4.40. The maximum atomic E-state index is 13.5. The number of benzene rings is 2. The second-order valence-corrected chi connectivity index (χ2v) is 4.56. The number of hydrogen-bond donors (Lipinski definition) is 1. The van der Waals surface area contributed by atoms with Gasteiger partial charge in [-0.05, 0) is 29.8 Å². The van der Waals surface area contributed by atoms with E-state index in [-0.39, 0.29) is 17.3 Å². The lowest BCUT2D eigenvalue weighted by Gasteiger charge is -2.11. The molecule has 0 aliphatic carbocycles. The van der Waals surface area contributed by atoms with E-state index in [1.165, 1.54) is 30.3 Å². The summed E-state index contributed by atoms with van der Waals surface area (Å²) in [6, 6.07) is 9.01. The second kappa shape index (κ2) is 5.71. The van der Waals surface area contributed by atoms with Crippen molar-refractivity contribution in [1.82, 2.24) is 0 Å². The third kappa shape index (κ3) is 3.42. The van der Waals surface area contributed by atoms with Gasteiger partial charge in [-0.15, -0.1) is 0 Å². The van der Waals surface area contributed by atoms with Crippen LogP contribution in [0.15, 0.2) is 42.5 Å². The number of alkyl halides is 3. The van der Waals surface area contributed by atoms with Crippen LogP contribution in [0.4, 0.5) is 23.2 Å². The van der Waals surface area contributed by atoms with E-state index in [9.17, 15) is 17.6 Å². The Bertz CT molecular complexity index is 590. The van der Waals surface area contributed by atoms with Gasteiger partial charge in [0.15, 0.2) is 0 Å². The summed E-state index contributed by atoms with van der Waals surface area (Å²) >= 11 is 5.82. The molecule has 1 N–H and O–H groups in total. The molecule has 0 aliphatic rings. The van der Waals surface area contributed by atoms with Gasteiger partial charge in [0.1, 0.15) is 5.82 Å². The van der Waals surface area contributed by atoms with E-state index in [0.717, 1.165) is 12.1 Å². The minimum atomic E-state index is -4.40. The first-order chi connectivity index (χ1) is 9.38. The first-order valence-electron chi connectivity index (χ1n) is 5.72. The number of anilines is 1. The number of nitrogens with one attached hydrogen (secondary N) is 1. The van der Waals surface area contributed by atoms with Crippen LogP contribution in [0.5, 0.6) is 0 Å². The summed E-state index contributed by atoms with van der Waals surface area (Å²) in [4.78, 5) is 0. The zero-order valence-electron chi connectivity index (χ0n) is 10.1. The summed E-state index contributed by atoms with van der Waals surface area (Å²) in [5.74, 6) is -0.551. The fourth-order valence-electron chi connectivity index (χ4n) is 1.71. The van der Waals surface area contributed by atoms with Crippen molar-refractivity contribution in [2.45, 2.75) is 12.7 Å². The zero-order chi connectivity index (χ0) is 14.8. The molecular formula is C14H10ClF4N. The molecule has 0 saturated heterocycles. The molecule has 0 spiro atoms. The maximum absolute atomic E-state index is 13.5. The SMILES string of the molecule is Fc1cccc(Cl)c1NCc1cccc(C(F)(F)F)c1. The largest absolute Gasteiger partial charge is 0.416 e. The van der Waals surface area contributed by atoms with E-state index < -0.39 is 17.6 Å². The molecule has 0 bridgehead atoms. The van der Waals surface area contributed by atoms with Gasteiger partial charge < -0.3 is 5.32 Å². The molecule has 0 fully saturated rings. The summed E-state index contributed by atoms with van der Waals surface area (Å²) in [5, 5.41) is 2.88. The van der Waals surface area contributed by atoms with Crippen molar-refractivity contribution < 1.29 is 17.6 Å². The van der Waals surface area contributed by atoms with Crippen molar-refractivity contribution in [1.29, 1.82) is 0 Å². The quantitative estimate of drug-likeness (QED) is 0.777. The van der Waals surface area contributed by atoms with Crippen LogP contribution in [0, 0.1) is 5.82 Å². The first-order valence-corrected chi connectivity index (χ1v) is 6.10. The average molecular weight is 304 g/mol. The molecule has 0 saturated carbocycles. The van der Waals surface area contributed by atoms with Crippen molar-refractivity contribution in [3.8, 4) is 0 Å². The Balaban J connectivity index is 2.16. The van der Waals surface area contributed by atoms with Crippen molar-refractivity contribution in [3.05, 3.63) is 64.4 Å². The Morgan fingerprint density at radius 3 is 2.40 bits per heavy atom. The number of para-hydroxylation sites is 1. The summed E-state index contributed by atoms with van der Waals surface area (Å²) in [7, 11) is 0. The molecule has 0 amide bonds. The second-order valence-electron chi connectivity index (χ2n) is 4.15. The van der Waals surface area contributed by atoms with Crippen LogP contribution in [0.2, 0.25) is 5.02 Å². The minimum Gasteiger partial charge on any atom is -0.377 e. The smallest absolute Gasteiger partial charge is 0.377 e. The van der Waals surface area contributed by atoms with Crippen LogP contribution in [-0.2, 0) is 12.7 Å². The van der Waals surface area contributed by atoms with Crippen LogP contribution < -0.4 is 5.32 Å². The lowest BCUT2D eigenvalue weighted by Crippen LogP contribution is -2.07. The fourth-order valence-corrected chi connectivity index (χ4v) is 1.94. The molecule has 0 heterocycles. The van der Waals surface area contributed by atoms with Crippen molar-refractivity contribution in [3.63, 3.8) is 0 Å². The van der Waals surface area contributed by atoms with Crippen LogP contribution >= 0.6 is 11.6 Å². The molecule has 0 atom stereocenters. The highest BCUT2D eigenvalue weighted by Gasteiger charge is 2.30. The van der Waals surface area contributed by atoms with Gasteiger partial charge in [0.2, 0.25) is 0 Å². The highest BCUT2D eigenvalue weighted by Crippen LogP contribution is 2.30. The minimum absolute atomic E-state index is 0.0462. The van der Waals surface area contributed by atoms with Crippen molar-refractivity contribution >= 4 is 17.3 Å². The molecule has 0 unspecified atom stereocenters. The van der Waals surface area contributed by atoms with Gasteiger partial charge in [-0.2, -0.15) is 13.2 Å². The molecule has 106 valence electrons. The molecular weight excluding hydrogens is 294 g/mol. The normalized spacial score (nSPS) is 11.4. The lowest BCUT2D eigenvalue weighted by molar-refractivity contribution is -0.137. The Hall–Kier alpha value is -1.75. The third-order valence-electron chi connectivity index (χ3n) is 2.69. The van der Waals surface area contributed by atoms with Crippen LogP contribution in [0.1, 0.15) is 11.1 Å². The van der Waals surface area contributed by atoms with E-state index in [4.69, 9.17) is 11.6 Å². The molecule has 2 aromatic rings. The van der Waals surface area contributed by atoms with Gasteiger partial charge in [-0.3, -0.25) is 0 Å². The topological polar surface area (TPSA) is 12.0 Å². The third-order valence-corrected chi connectivity index (χ3v) is 3.00. The van der Waals surface area contributed by atoms with Crippen LogP contribution in [0.3, 0.4) is 0 Å². The summed E-state index contributed by atoms with van der Waals surface area (Å²) in [5.41, 5.74) is -0.276. The van der Waals surface area contributed by atoms with E-state index in [2.05, 4.69) is 5.32 Å². The zero-order valence-corrected chi connectivity index (χ0v) is 10.9.